The molecule has 3 rings (SSSR count). The molecule has 1 aliphatic heterocycles. The van der Waals surface area contributed by atoms with Gasteiger partial charge in [-0.3, -0.25) is 0 Å². The number of nitrogens with two attached hydrogens (primary N) is 1. The summed E-state index contributed by atoms with van der Waals surface area (Å²) in [5.74, 6) is -0.742. The first-order valence-electron chi connectivity index (χ1n) is 9.06. The number of aliphatic hydroxyl groups excluding tert-OH is 1. The molecule has 1 aliphatic rings. The summed E-state index contributed by atoms with van der Waals surface area (Å²) < 4.78 is 26.9. The summed E-state index contributed by atoms with van der Waals surface area (Å²) in [4.78, 5) is 0. The van der Waals surface area contributed by atoms with Gasteiger partial charge in [-0.15, -0.1) is 0 Å². The Morgan fingerprint density at radius 2 is 2.07 bits per heavy atom. The molecule has 6 heteroatoms. The molecule has 4 atom stereocenters. The predicted octanol–water partition coefficient (Wildman–Crippen LogP) is 3.74. The quantitative estimate of drug-likeness (QED) is 0.722. The van der Waals surface area contributed by atoms with E-state index in [2.05, 4.69) is 15.9 Å². The monoisotopic (exact) mass is 437 g/mol. The van der Waals surface area contributed by atoms with Gasteiger partial charge in [-0.05, 0) is 37.1 Å². The largest absolute Gasteiger partial charge is 0.393 e. The summed E-state index contributed by atoms with van der Waals surface area (Å²) >= 11 is 3.37. The summed E-state index contributed by atoms with van der Waals surface area (Å²) in [6.07, 6.45) is -0.399. The van der Waals surface area contributed by atoms with Gasteiger partial charge in [-0.1, -0.05) is 46.3 Å². The highest BCUT2D eigenvalue weighted by Gasteiger charge is 2.46. The molecule has 3 N–H and O–H groups in total. The number of aliphatic hydroxyl groups is 1. The fraction of sp³-hybridized carbons (Fsp3) is 0.429. The molecule has 0 spiro atoms. The second kappa shape index (κ2) is 8.80. The molecule has 0 radical (unpaired) electrons. The Labute approximate surface area is 167 Å². The van der Waals surface area contributed by atoms with Crippen molar-refractivity contribution in [1.29, 1.82) is 0 Å². The van der Waals surface area contributed by atoms with Crippen LogP contribution in [-0.2, 0) is 21.6 Å². The third kappa shape index (κ3) is 4.76. The second-order valence-corrected chi connectivity index (χ2v) is 8.10. The van der Waals surface area contributed by atoms with Crippen molar-refractivity contribution in [3.63, 3.8) is 0 Å². The molecule has 1 saturated heterocycles. The molecule has 0 unspecified atom stereocenters. The van der Waals surface area contributed by atoms with Crippen LogP contribution in [0, 0.1) is 11.7 Å². The van der Waals surface area contributed by atoms with Gasteiger partial charge in [-0.25, -0.2) is 4.39 Å². The summed E-state index contributed by atoms with van der Waals surface area (Å²) in [6, 6.07) is 14.6. The van der Waals surface area contributed by atoms with Crippen LogP contribution in [0.25, 0.3) is 0 Å². The fourth-order valence-corrected chi connectivity index (χ4v) is 4.04. The third-order valence-electron chi connectivity index (χ3n) is 5.16. The second-order valence-electron chi connectivity index (χ2n) is 7.18. The average molecular weight is 438 g/mol. The van der Waals surface area contributed by atoms with Crippen LogP contribution >= 0.6 is 15.9 Å². The van der Waals surface area contributed by atoms with Crippen molar-refractivity contribution in [1.82, 2.24) is 0 Å². The van der Waals surface area contributed by atoms with E-state index in [0.29, 0.717) is 25.2 Å². The molecular weight excluding hydrogens is 413 g/mol. The lowest BCUT2D eigenvalue weighted by Gasteiger charge is -2.45. The zero-order valence-electron chi connectivity index (χ0n) is 15.3. The third-order valence-corrected chi connectivity index (χ3v) is 5.66. The minimum absolute atomic E-state index is 0.120. The van der Waals surface area contributed by atoms with Gasteiger partial charge in [0, 0.05) is 16.0 Å². The van der Waals surface area contributed by atoms with Crippen molar-refractivity contribution in [2.24, 2.45) is 11.7 Å². The Bertz CT molecular complexity index is 758. The molecule has 146 valence electrons. The van der Waals surface area contributed by atoms with Gasteiger partial charge in [0.25, 0.3) is 0 Å². The van der Waals surface area contributed by atoms with Crippen LogP contribution in [0.3, 0.4) is 0 Å². The molecule has 0 aliphatic carbocycles. The lowest BCUT2D eigenvalue weighted by Crippen LogP contribution is -2.57. The lowest BCUT2D eigenvalue weighted by atomic mass is 9.72. The van der Waals surface area contributed by atoms with E-state index in [0.717, 1.165) is 10.0 Å². The smallest absolute Gasteiger partial charge is 0.128 e. The number of rotatable bonds is 6. The highest BCUT2D eigenvalue weighted by Crippen LogP contribution is 2.39. The molecule has 27 heavy (non-hydrogen) atoms. The zero-order chi connectivity index (χ0) is 19.4. The van der Waals surface area contributed by atoms with E-state index in [9.17, 15) is 9.50 Å². The van der Waals surface area contributed by atoms with Crippen molar-refractivity contribution in [2.45, 2.75) is 37.7 Å². The van der Waals surface area contributed by atoms with Gasteiger partial charge in [0.1, 0.15) is 5.82 Å². The highest BCUT2D eigenvalue weighted by atomic mass is 79.9. The summed E-state index contributed by atoms with van der Waals surface area (Å²) in [7, 11) is 0. The minimum atomic E-state index is -1.10. The van der Waals surface area contributed by atoms with E-state index in [1.54, 1.807) is 19.1 Å². The molecule has 0 aromatic heterocycles. The predicted molar refractivity (Wildman–Crippen MR) is 106 cm³/mol. The summed E-state index contributed by atoms with van der Waals surface area (Å²) in [5.41, 5.74) is 6.93. The molecule has 0 saturated carbocycles. The van der Waals surface area contributed by atoms with Crippen LogP contribution in [0.4, 0.5) is 4.39 Å². The van der Waals surface area contributed by atoms with Gasteiger partial charge in [-0.2, -0.15) is 0 Å². The number of benzene rings is 2. The number of hydrogen-bond donors (Lipinski definition) is 2. The molecular formula is C21H25BrFNO3. The first-order chi connectivity index (χ1) is 12.9. The molecule has 0 bridgehead atoms. The lowest BCUT2D eigenvalue weighted by molar-refractivity contribution is -0.119. The Morgan fingerprint density at radius 3 is 2.78 bits per heavy atom. The van der Waals surface area contributed by atoms with E-state index in [1.807, 2.05) is 30.3 Å². The Hall–Kier alpha value is -1.31. The van der Waals surface area contributed by atoms with Gasteiger partial charge < -0.3 is 20.3 Å². The van der Waals surface area contributed by atoms with Crippen LogP contribution < -0.4 is 5.73 Å². The minimum Gasteiger partial charge on any atom is -0.393 e. The maximum absolute atomic E-state index is 14.5. The Morgan fingerprint density at radius 1 is 1.33 bits per heavy atom. The van der Waals surface area contributed by atoms with E-state index in [-0.39, 0.29) is 18.6 Å². The van der Waals surface area contributed by atoms with Gasteiger partial charge in [0.15, 0.2) is 0 Å². The topological polar surface area (TPSA) is 64.7 Å². The van der Waals surface area contributed by atoms with Crippen molar-refractivity contribution < 1.29 is 19.0 Å². The van der Waals surface area contributed by atoms with Crippen LogP contribution in [0.15, 0.2) is 53.0 Å². The Balaban J connectivity index is 1.69. The molecule has 1 heterocycles. The first kappa shape index (κ1) is 20.4. The van der Waals surface area contributed by atoms with Crippen LogP contribution in [0.2, 0.25) is 0 Å². The average Bonchev–Trinajstić information content (AvgIpc) is 2.65. The van der Waals surface area contributed by atoms with Gasteiger partial charge >= 0.3 is 0 Å². The van der Waals surface area contributed by atoms with Crippen LogP contribution in [0.1, 0.15) is 24.5 Å². The van der Waals surface area contributed by atoms with Crippen molar-refractivity contribution in [3.05, 3.63) is 69.9 Å². The number of halogens is 2. The number of hydrogen-bond acceptors (Lipinski definition) is 4. The highest BCUT2D eigenvalue weighted by molar-refractivity contribution is 9.10. The maximum atomic E-state index is 14.5. The molecule has 2 aromatic carbocycles. The molecule has 4 nitrogen and oxygen atoms in total. The molecule has 1 fully saturated rings. The first-order valence-corrected chi connectivity index (χ1v) is 9.85. The normalized spacial score (nSPS) is 26.7. The van der Waals surface area contributed by atoms with Gasteiger partial charge in [0.2, 0.25) is 0 Å². The van der Waals surface area contributed by atoms with Crippen molar-refractivity contribution >= 4 is 15.9 Å². The number of ether oxygens (including phenoxy) is 2. The Kier molecular flexibility index (Phi) is 6.65. The van der Waals surface area contributed by atoms with E-state index < -0.39 is 17.5 Å². The van der Waals surface area contributed by atoms with E-state index in [1.165, 1.54) is 6.07 Å². The van der Waals surface area contributed by atoms with Crippen molar-refractivity contribution in [2.75, 3.05) is 13.2 Å². The SMILES string of the molecule is C[C@H](O)[C@@H]1C[C@H](COCc2ccccc2)OC[C@@]1(N)c1cc(Br)ccc1F. The van der Waals surface area contributed by atoms with E-state index in [4.69, 9.17) is 15.2 Å². The van der Waals surface area contributed by atoms with Gasteiger partial charge in [0.05, 0.1) is 37.6 Å². The summed E-state index contributed by atoms with van der Waals surface area (Å²) in [5, 5.41) is 10.3. The van der Waals surface area contributed by atoms with Crippen LogP contribution in [-0.4, -0.2) is 30.5 Å². The zero-order valence-corrected chi connectivity index (χ0v) is 16.9. The maximum Gasteiger partial charge on any atom is 0.128 e. The fourth-order valence-electron chi connectivity index (χ4n) is 3.68. The molecule has 0 amide bonds. The van der Waals surface area contributed by atoms with Crippen molar-refractivity contribution in [3.8, 4) is 0 Å². The summed E-state index contributed by atoms with van der Waals surface area (Å²) in [6.45, 7) is 2.70. The van der Waals surface area contributed by atoms with Crippen LogP contribution in [0.5, 0.6) is 0 Å². The van der Waals surface area contributed by atoms with E-state index >= 15 is 0 Å². The molecule has 2 aromatic rings. The standard InChI is InChI=1S/C21H25BrFNO3/c1-14(25)18-10-17(12-26-11-15-5-3-2-4-6-15)27-13-21(18,24)19-9-16(22)7-8-20(19)23/h2-9,14,17-18,25H,10-13,24H2,1H3/t14-,17+,18-,21-/m0/s1.